The average molecular weight is 689 g/mol. The lowest BCUT2D eigenvalue weighted by atomic mass is 9.90. The van der Waals surface area contributed by atoms with Crippen LogP contribution in [0.15, 0.2) is 218 Å². The highest BCUT2D eigenvalue weighted by Crippen LogP contribution is 2.47. The Morgan fingerprint density at radius 1 is 0.333 bits per heavy atom. The predicted octanol–water partition coefficient (Wildman–Crippen LogP) is 14.4. The van der Waals surface area contributed by atoms with Crippen molar-refractivity contribution in [2.75, 3.05) is 4.90 Å². The van der Waals surface area contributed by atoms with Crippen molar-refractivity contribution in [1.82, 2.24) is 4.57 Å². The highest BCUT2D eigenvalue weighted by atomic mass is 15.1. The molecular weight excluding hydrogens is 653 g/mol. The van der Waals surface area contributed by atoms with Crippen LogP contribution in [0.3, 0.4) is 0 Å². The van der Waals surface area contributed by atoms with Crippen LogP contribution in [-0.2, 0) is 0 Å². The quantitative estimate of drug-likeness (QED) is 0.162. The minimum absolute atomic E-state index is 1.10. The maximum Gasteiger partial charge on any atom is 0.0541 e. The first-order valence-corrected chi connectivity index (χ1v) is 18.5. The van der Waals surface area contributed by atoms with Gasteiger partial charge in [-0.1, -0.05) is 164 Å². The lowest BCUT2D eigenvalue weighted by Crippen LogP contribution is -2.12. The van der Waals surface area contributed by atoms with Crippen LogP contribution in [0, 0.1) is 0 Å². The van der Waals surface area contributed by atoms with Crippen molar-refractivity contribution < 1.29 is 0 Å². The number of anilines is 3. The molecule has 0 unspecified atom stereocenters. The number of rotatable bonds is 7. The van der Waals surface area contributed by atoms with Crippen LogP contribution in [0.5, 0.6) is 0 Å². The molecule has 0 saturated heterocycles. The van der Waals surface area contributed by atoms with Gasteiger partial charge in [-0.05, 0) is 87.6 Å². The number of fused-ring (bicyclic) bond motifs is 4. The van der Waals surface area contributed by atoms with Crippen molar-refractivity contribution in [1.29, 1.82) is 0 Å². The van der Waals surface area contributed by atoms with E-state index in [2.05, 4.69) is 228 Å². The summed E-state index contributed by atoms with van der Waals surface area (Å²) >= 11 is 0. The second-order valence-electron chi connectivity index (χ2n) is 13.7. The molecule has 0 N–H and O–H groups in total. The number of aromatic nitrogens is 1. The van der Waals surface area contributed by atoms with Gasteiger partial charge in [-0.2, -0.15) is 0 Å². The Hall–Kier alpha value is -7.16. The molecule has 10 aromatic rings. The molecule has 0 aliphatic carbocycles. The van der Waals surface area contributed by atoms with Gasteiger partial charge in [-0.15, -0.1) is 0 Å². The standard InChI is InChI=1S/C52H36N2/c1-4-18-37(19-5-1)43-29-16-20-38-21-17-30-46(52(38)43)44-27-11-14-32-49(44)53(40-22-6-2-7-23-40)48-31-13-10-26-42(48)39-34-35-51-47(36-39)45-28-12-15-33-50(45)54(51)41-24-8-3-9-25-41/h1-36H. The molecule has 1 heterocycles. The minimum Gasteiger partial charge on any atom is -0.309 e. The van der Waals surface area contributed by atoms with Gasteiger partial charge in [-0.3, -0.25) is 0 Å². The van der Waals surface area contributed by atoms with Crippen molar-refractivity contribution in [2.24, 2.45) is 0 Å². The molecule has 9 aromatic carbocycles. The monoisotopic (exact) mass is 688 g/mol. The van der Waals surface area contributed by atoms with Gasteiger partial charge in [0, 0.05) is 33.3 Å². The summed E-state index contributed by atoms with van der Waals surface area (Å²) in [6, 6.07) is 78.9. The molecule has 0 amide bonds. The third-order valence-corrected chi connectivity index (χ3v) is 10.6. The number of hydrogen-bond acceptors (Lipinski definition) is 1. The molecule has 254 valence electrons. The molecule has 0 radical (unpaired) electrons. The Kier molecular flexibility index (Phi) is 7.85. The summed E-state index contributed by atoms with van der Waals surface area (Å²) in [6.07, 6.45) is 0. The van der Waals surface area contributed by atoms with E-state index in [0.29, 0.717) is 0 Å². The lowest BCUT2D eigenvalue weighted by molar-refractivity contribution is 1.18. The molecule has 0 fully saturated rings. The fraction of sp³-hybridized carbons (Fsp3) is 0. The van der Waals surface area contributed by atoms with Gasteiger partial charge in [0.25, 0.3) is 0 Å². The highest BCUT2D eigenvalue weighted by molar-refractivity contribution is 6.12. The molecule has 1 aromatic heterocycles. The fourth-order valence-electron chi connectivity index (χ4n) is 8.21. The van der Waals surface area contributed by atoms with Gasteiger partial charge < -0.3 is 9.47 Å². The number of nitrogens with zero attached hydrogens (tertiary/aromatic N) is 2. The van der Waals surface area contributed by atoms with Crippen LogP contribution in [-0.4, -0.2) is 4.57 Å². The topological polar surface area (TPSA) is 8.17 Å². The normalized spacial score (nSPS) is 11.3. The second kappa shape index (κ2) is 13.4. The Morgan fingerprint density at radius 2 is 0.889 bits per heavy atom. The molecule has 0 bridgehead atoms. The van der Waals surface area contributed by atoms with Crippen molar-refractivity contribution in [3.63, 3.8) is 0 Å². The Balaban J connectivity index is 1.20. The van der Waals surface area contributed by atoms with E-state index in [-0.39, 0.29) is 0 Å². The number of benzene rings is 9. The van der Waals surface area contributed by atoms with E-state index in [1.807, 2.05) is 0 Å². The van der Waals surface area contributed by atoms with Crippen LogP contribution in [0.2, 0.25) is 0 Å². The highest BCUT2D eigenvalue weighted by Gasteiger charge is 2.22. The van der Waals surface area contributed by atoms with Crippen molar-refractivity contribution in [2.45, 2.75) is 0 Å². The molecule has 54 heavy (non-hydrogen) atoms. The Bertz CT molecular complexity index is 2920. The Morgan fingerprint density at radius 3 is 1.65 bits per heavy atom. The van der Waals surface area contributed by atoms with Gasteiger partial charge in [0.05, 0.1) is 22.4 Å². The van der Waals surface area contributed by atoms with Crippen LogP contribution in [0.1, 0.15) is 0 Å². The molecule has 10 rings (SSSR count). The lowest BCUT2D eigenvalue weighted by Gasteiger charge is -2.30. The maximum atomic E-state index is 2.44. The minimum atomic E-state index is 1.10. The maximum absolute atomic E-state index is 2.44. The predicted molar refractivity (Wildman–Crippen MR) is 229 cm³/mol. The molecule has 0 spiro atoms. The first-order chi connectivity index (χ1) is 26.8. The van der Waals surface area contributed by atoms with Crippen LogP contribution in [0.4, 0.5) is 17.1 Å². The first-order valence-electron chi connectivity index (χ1n) is 18.5. The van der Waals surface area contributed by atoms with Crippen LogP contribution < -0.4 is 4.90 Å². The summed E-state index contributed by atoms with van der Waals surface area (Å²) in [5.74, 6) is 0. The van der Waals surface area contributed by atoms with Gasteiger partial charge in [0.2, 0.25) is 0 Å². The van der Waals surface area contributed by atoms with E-state index < -0.39 is 0 Å². The summed E-state index contributed by atoms with van der Waals surface area (Å²) < 4.78 is 2.38. The molecule has 0 atom stereocenters. The third-order valence-electron chi connectivity index (χ3n) is 10.6. The average Bonchev–Trinajstić information content (AvgIpc) is 3.58. The number of para-hydroxylation sites is 5. The molecule has 0 aliphatic heterocycles. The van der Waals surface area contributed by atoms with E-state index in [4.69, 9.17) is 0 Å². The van der Waals surface area contributed by atoms with Gasteiger partial charge in [0.1, 0.15) is 0 Å². The molecule has 2 heteroatoms. The second-order valence-corrected chi connectivity index (χ2v) is 13.7. The SMILES string of the molecule is c1ccc(-c2cccc3cccc(-c4ccccc4N(c4ccccc4)c4ccccc4-c4ccc5c(c4)c4ccccc4n5-c4ccccc4)c23)cc1. The van der Waals surface area contributed by atoms with E-state index >= 15 is 0 Å². The van der Waals surface area contributed by atoms with E-state index in [1.54, 1.807) is 0 Å². The third kappa shape index (κ3) is 5.36. The van der Waals surface area contributed by atoms with E-state index in [0.717, 1.165) is 28.3 Å². The zero-order valence-corrected chi connectivity index (χ0v) is 29.7. The summed E-state index contributed by atoms with van der Waals surface area (Å²) in [4.78, 5) is 2.44. The van der Waals surface area contributed by atoms with E-state index in [9.17, 15) is 0 Å². The van der Waals surface area contributed by atoms with Gasteiger partial charge in [0.15, 0.2) is 0 Å². The van der Waals surface area contributed by atoms with Crippen molar-refractivity contribution in [3.05, 3.63) is 218 Å². The van der Waals surface area contributed by atoms with Gasteiger partial charge in [-0.25, -0.2) is 0 Å². The van der Waals surface area contributed by atoms with E-state index in [1.165, 1.54) is 60.4 Å². The zero-order chi connectivity index (χ0) is 35.8. The fourth-order valence-corrected chi connectivity index (χ4v) is 8.21. The van der Waals surface area contributed by atoms with Crippen molar-refractivity contribution in [3.8, 4) is 39.1 Å². The zero-order valence-electron chi connectivity index (χ0n) is 29.7. The van der Waals surface area contributed by atoms with Crippen LogP contribution >= 0.6 is 0 Å². The largest absolute Gasteiger partial charge is 0.309 e. The summed E-state index contributed by atoms with van der Waals surface area (Å²) in [5.41, 5.74) is 14.0. The summed E-state index contributed by atoms with van der Waals surface area (Å²) in [7, 11) is 0. The number of hydrogen-bond donors (Lipinski definition) is 0. The molecular formula is C52H36N2. The molecule has 0 aliphatic rings. The van der Waals surface area contributed by atoms with Crippen molar-refractivity contribution >= 4 is 49.6 Å². The summed E-state index contributed by atoms with van der Waals surface area (Å²) in [6.45, 7) is 0. The summed E-state index contributed by atoms with van der Waals surface area (Å²) in [5, 5.41) is 4.95. The Labute approximate surface area is 315 Å². The molecule has 0 saturated carbocycles. The van der Waals surface area contributed by atoms with Crippen LogP contribution in [0.25, 0.3) is 71.6 Å². The smallest absolute Gasteiger partial charge is 0.0541 e. The first kappa shape index (κ1) is 31.6. The molecule has 2 nitrogen and oxygen atoms in total. The van der Waals surface area contributed by atoms with Gasteiger partial charge >= 0.3 is 0 Å².